The van der Waals surface area contributed by atoms with Crippen LogP contribution in [0.3, 0.4) is 0 Å². The second kappa shape index (κ2) is 12.5. The summed E-state index contributed by atoms with van der Waals surface area (Å²) in [6, 6.07) is 71.8. The van der Waals surface area contributed by atoms with Crippen molar-refractivity contribution in [2.45, 2.75) is 0 Å². The molecule has 0 aliphatic carbocycles. The molecule has 0 N–H and O–H groups in total. The van der Waals surface area contributed by atoms with Gasteiger partial charge in [0.05, 0.1) is 16.8 Å². The van der Waals surface area contributed by atoms with E-state index in [2.05, 4.69) is 205 Å². The molecule has 1 aromatic heterocycles. The number of hydrogen-bond acceptors (Lipinski definition) is 2. The van der Waals surface area contributed by atoms with Crippen LogP contribution < -0.4 is 4.90 Å². The number of anilines is 3. The lowest BCUT2D eigenvalue weighted by molar-refractivity contribution is 0.672. The largest absolute Gasteiger partial charge is 0.455 e. The molecule has 0 aliphatic rings. The summed E-state index contributed by atoms with van der Waals surface area (Å²) in [5.74, 6) is 0. The molecule has 2 heteroatoms. The Labute approximate surface area is 302 Å². The Bertz CT molecular complexity index is 2890. The number of benzene rings is 9. The zero-order valence-electron chi connectivity index (χ0n) is 28.4. The fourth-order valence-electron chi connectivity index (χ4n) is 7.69. The van der Waals surface area contributed by atoms with Gasteiger partial charge in [-0.1, -0.05) is 158 Å². The van der Waals surface area contributed by atoms with Gasteiger partial charge in [0.15, 0.2) is 0 Å². The first-order valence-corrected chi connectivity index (χ1v) is 17.8. The highest BCUT2D eigenvalue weighted by Gasteiger charge is 2.23. The minimum Gasteiger partial charge on any atom is -0.455 e. The van der Waals surface area contributed by atoms with E-state index in [1.807, 2.05) is 0 Å². The van der Waals surface area contributed by atoms with Crippen LogP contribution in [-0.4, -0.2) is 0 Å². The molecule has 0 fully saturated rings. The molecule has 10 aromatic rings. The van der Waals surface area contributed by atoms with Crippen molar-refractivity contribution in [2.75, 3.05) is 4.90 Å². The Morgan fingerprint density at radius 2 is 0.962 bits per heavy atom. The van der Waals surface area contributed by atoms with Crippen LogP contribution in [0.25, 0.3) is 76.9 Å². The highest BCUT2D eigenvalue weighted by molar-refractivity contribution is 6.20. The van der Waals surface area contributed by atoms with Crippen LogP contribution in [0.1, 0.15) is 0 Å². The Balaban J connectivity index is 1.26. The predicted molar refractivity (Wildman–Crippen MR) is 220 cm³/mol. The van der Waals surface area contributed by atoms with Crippen molar-refractivity contribution >= 4 is 60.5 Å². The van der Waals surface area contributed by atoms with Gasteiger partial charge in [-0.25, -0.2) is 0 Å². The number of fused-ring (bicyclic) bond motifs is 6. The first kappa shape index (κ1) is 30.0. The van der Waals surface area contributed by atoms with Gasteiger partial charge in [0.25, 0.3) is 0 Å². The molecule has 0 unspecified atom stereocenters. The zero-order chi connectivity index (χ0) is 34.4. The molecule has 52 heavy (non-hydrogen) atoms. The van der Waals surface area contributed by atoms with Crippen molar-refractivity contribution in [3.63, 3.8) is 0 Å². The van der Waals surface area contributed by atoms with Gasteiger partial charge in [0.2, 0.25) is 0 Å². The van der Waals surface area contributed by atoms with Gasteiger partial charge in [-0.15, -0.1) is 0 Å². The van der Waals surface area contributed by atoms with Gasteiger partial charge in [-0.05, 0) is 86.4 Å². The van der Waals surface area contributed by atoms with Crippen molar-refractivity contribution < 1.29 is 4.42 Å². The highest BCUT2D eigenvalue weighted by Crippen LogP contribution is 2.48. The smallest absolute Gasteiger partial charge is 0.143 e. The molecule has 0 saturated heterocycles. The predicted octanol–water partition coefficient (Wildman–Crippen LogP) is 14.4. The van der Waals surface area contributed by atoms with Crippen LogP contribution >= 0.6 is 0 Å². The summed E-state index contributed by atoms with van der Waals surface area (Å²) < 4.78 is 6.73. The molecule has 2 nitrogen and oxygen atoms in total. The molecule has 0 saturated carbocycles. The second-order valence-electron chi connectivity index (χ2n) is 13.3. The summed E-state index contributed by atoms with van der Waals surface area (Å²) in [7, 11) is 0. The van der Waals surface area contributed by atoms with Crippen LogP contribution in [0.5, 0.6) is 0 Å². The summed E-state index contributed by atoms with van der Waals surface area (Å²) in [6.07, 6.45) is 0. The Morgan fingerprint density at radius 3 is 1.77 bits per heavy atom. The highest BCUT2D eigenvalue weighted by atomic mass is 16.3. The molecule has 0 bridgehead atoms. The summed E-state index contributed by atoms with van der Waals surface area (Å²) in [4.78, 5) is 2.42. The number of furan rings is 1. The van der Waals surface area contributed by atoms with Crippen molar-refractivity contribution in [1.29, 1.82) is 0 Å². The van der Waals surface area contributed by atoms with Crippen LogP contribution in [0, 0.1) is 0 Å². The fraction of sp³-hybridized carbons (Fsp3) is 0. The van der Waals surface area contributed by atoms with Crippen molar-refractivity contribution in [3.05, 3.63) is 200 Å². The molecule has 244 valence electrons. The van der Waals surface area contributed by atoms with E-state index in [4.69, 9.17) is 4.42 Å². The average Bonchev–Trinajstić information content (AvgIpc) is 3.62. The average molecular weight is 664 g/mol. The monoisotopic (exact) mass is 663 g/mol. The molecule has 0 atom stereocenters. The minimum atomic E-state index is 0.863. The molecular weight excluding hydrogens is 631 g/mol. The van der Waals surface area contributed by atoms with Gasteiger partial charge in [0.1, 0.15) is 11.2 Å². The van der Waals surface area contributed by atoms with E-state index in [1.54, 1.807) is 0 Å². The van der Waals surface area contributed by atoms with Gasteiger partial charge in [-0.2, -0.15) is 0 Å². The quantitative estimate of drug-likeness (QED) is 0.176. The van der Waals surface area contributed by atoms with Gasteiger partial charge < -0.3 is 9.32 Å². The summed E-state index contributed by atoms with van der Waals surface area (Å²) in [6.45, 7) is 0. The third kappa shape index (κ3) is 5.12. The number of rotatable bonds is 6. The Hall–Kier alpha value is -6.90. The van der Waals surface area contributed by atoms with Crippen LogP contribution in [0.4, 0.5) is 17.1 Å². The first-order chi connectivity index (χ1) is 25.8. The number of hydrogen-bond donors (Lipinski definition) is 0. The van der Waals surface area contributed by atoms with E-state index in [1.165, 1.54) is 32.8 Å². The van der Waals surface area contributed by atoms with E-state index in [9.17, 15) is 0 Å². The lowest BCUT2D eigenvalue weighted by Crippen LogP contribution is -2.12. The van der Waals surface area contributed by atoms with E-state index >= 15 is 0 Å². The minimum absolute atomic E-state index is 0.863. The number of nitrogens with zero attached hydrogens (tertiary/aromatic N) is 1. The SMILES string of the molecule is c1ccc(-c2ccc(N(c3cc(-c4ccc5ccccc5c4)ccc3-c3ccccc3)c3cccc4oc5c6ccccc6ccc5c34)cc2)cc1. The lowest BCUT2D eigenvalue weighted by atomic mass is 9.95. The summed E-state index contributed by atoms with van der Waals surface area (Å²) in [5.41, 5.74) is 12.0. The topological polar surface area (TPSA) is 16.4 Å². The normalized spacial score (nSPS) is 11.5. The standard InChI is InChI=1S/C50H33NO/c1-3-12-34(13-4-1)36-24-28-42(29-25-36)51(46-20-11-21-48-49(46)45-31-26-38-17-9-10-19-44(38)50(45)52-48)47-33-41(27-30-43(47)37-15-5-2-6-16-37)40-23-22-35-14-7-8-18-39(35)32-40/h1-33H. The van der Waals surface area contributed by atoms with Gasteiger partial charge >= 0.3 is 0 Å². The van der Waals surface area contributed by atoms with Crippen molar-refractivity contribution in [1.82, 2.24) is 0 Å². The summed E-state index contributed by atoms with van der Waals surface area (Å²) in [5, 5.41) is 6.93. The van der Waals surface area contributed by atoms with E-state index in [-0.39, 0.29) is 0 Å². The molecule has 0 aliphatic heterocycles. The van der Waals surface area contributed by atoms with E-state index in [0.717, 1.165) is 61.1 Å². The molecule has 0 radical (unpaired) electrons. The maximum atomic E-state index is 6.73. The van der Waals surface area contributed by atoms with Crippen molar-refractivity contribution in [3.8, 4) is 33.4 Å². The third-order valence-electron chi connectivity index (χ3n) is 10.2. The molecule has 9 aromatic carbocycles. The molecule has 10 rings (SSSR count). The second-order valence-corrected chi connectivity index (χ2v) is 13.3. The zero-order valence-corrected chi connectivity index (χ0v) is 28.4. The molecule has 0 amide bonds. The fourth-order valence-corrected chi connectivity index (χ4v) is 7.69. The lowest BCUT2D eigenvalue weighted by Gasteiger charge is -2.29. The van der Waals surface area contributed by atoms with E-state index in [0.29, 0.717) is 0 Å². The van der Waals surface area contributed by atoms with Crippen LogP contribution in [0.15, 0.2) is 205 Å². The Kier molecular flexibility index (Phi) is 7.18. The van der Waals surface area contributed by atoms with E-state index < -0.39 is 0 Å². The molecule has 1 heterocycles. The molecular formula is C50H33NO. The van der Waals surface area contributed by atoms with Crippen LogP contribution in [-0.2, 0) is 0 Å². The third-order valence-corrected chi connectivity index (χ3v) is 10.2. The van der Waals surface area contributed by atoms with Crippen molar-refractivity contribution in [2.24, 2.45) is 0 Å². The first-order valence-electron chi connectivity index (χ1n) is 17.8. The van der Waals surface area contributed by atoms with Gasteiger partial charge in [-0.3, -0.25) is 0 Å². The maximum Gasteiger partial charge on any atom is 0.143 e. The maximum absolute atomic E-state index is 6.73. The molecule has 0 spiro atoms. The van der Waals surface area contributed by atoms with Crippen LogP contribution in [0.2, 0.25) is 0 Å². The van der Waals surface area contributed by atoms with Gasteiger partial charge in [0, 0.05) is 22.0 Å². The Morgan fingerprint density at radius 1 is 0.346 bits per heavy atom. The summed E-state index contributed by atoms with van der Waals surface area (Å²) >= 11 is 0.